The summed E-state index contributed by atoms with van der Waals surface area (Å²) in [7, 11) is 4.31. The molecule has 1 atom stereocenters. The largest absolute Gasteiger partial charge is 0.316 e. The van der Waals surface area contributed by atoms with Gasteiger partial charge < -0.3 is 15.1 Å². The third-order valence-electron chi connectivity index (χ3n) is 4.03. The van der Waals surface area contributed by atoms with Gasteiger partial charge in [-0.25, -0.2) is 0 Å². The third-order valence-corrected chi connectivity index (χ3v) is 4.03. The average Bonchev–Trinajstić information content (AvgIpc) is 2.34. The van der Waals surface area contributed by atoms with Gasteiger partial charge in [-0.05, 0) is 73.3 Å². The fraction of sp³-hybridized carbons (Fsp3) is 1.00. The highest BCUT2D eigenvalue weighted by atomic mass is 15.2. The van der Waals surface area contributed by atoms with Crippen molar-refractivity contribution in [1.82, 2.24) is 15.1 Å². The van der Waals surface area contributed by atoms with E-state index in [1.54, 1.807) is 0 Å². The predicted molar refractivity (Wildman–Crippen MR) is 75.5 cm³/mol. The molecule has 0 amide bonds. The van der Waals surface area contributed by atoms with Gasteiger partial charge in [0.2, 0.25) is 0 Å². The molecule has 1 aliphatic heterocycles. The van der Waals surface area contributed by atoms with E-state index in [1.807, 2.05) is 0 Å². The Kier molecular flexibility index (Phi) is 7.09. The molecular weight excluding hydrogens is 210 g/mol. The lowest BCUT2D eigenvalue weighted by Crippen LogP contribution is -2.44. The molecule has 0 saturated carbocycles. The van der Waals surface area contributed by atoms with Gasteiger partial charge in [0.1, 0.15) is 0 Å². The van der Waals surface area contributed by atoms with Gasteiger partial charge in [-0.15, -0.1) is 0 Å². The van der Waals surface area contributed by atoms with Gasteiger partial charge in [-0.3, -0.25) is 0 Å². The summed E-state index contributed by atoms with van der Waals surface area (Å²) in [5.74, 6) is 0. The highest BCUT2D eigenvalue weighted by Crippen LogP contribution is 2.10. The monoisotopic (exact) mass is 241 g/mol. The molecule has 3 heteroatoms. The van der Waals surface area contributed by atoms with E-state index in [0.29, 0.717) is 6.04 Å². The van der Waals surface area contributed by atoms with Crippen LogP contribution in [0.2, 0.25) is 0 Å². The number of unbranched alkanes of at least 4 members (excludes halogenated alkanes) is 1. The minimum atomic E-state index is 0.679. The lowest BCUT2D eigenvalue weighted by atomic mass is 10.1. The van der Waals surface area contributed by atoms with Crippen LogP contribution in [0.1, 0.15) is 39.5 Å². The molecule has 1 aliphatic rings. The summed E-state index contributed by atoms with van der Waals surface area (Å²) < 4.78 is 0. The fourth-order valence-electron chi connectivity index (χ4n) is 2.45. The maximum atomic E-state index is 3.41. The van der Waals surface area contributed by atoms with E-state index in [4.69, 9.17) is 0 Å². The molecule has 1 heterocycles. The molecule has 0 spiro atoms. The van der Waals surface area contributed by atoms with Gasteiger partial charge in [0.25, 0.3) is 0 Å². The number of nitrogens with zero attached hydrogens (tertiary/aromatic N) is 2. The van der Waals surface area contributed by atoms with Crippen molar-refractivity contribution in [3.63, 3.8) is 0 Å². The molecule has 1 rings (SSSR count). The van der Waals surface area contributed by atoms with Crippen LogP contribution in [0.3, 0.4) is 0 Å². The smallest absolute Gasteiger partial charge is 0.0192 e. The van der Waals surface area contributed by atoms with Crippen LogP contribution >= 0.6 is 0 Å². The van der Waals surface area contributed by atoms with Crippen LogP contribution < -0.4 is 5.32 Å². The Balaban J connectivity index is 2.06. The molecular formula is C14H31N3. The van der Waals surface area contributed by atoms with E-state index in [-0.39, 0.29) is 0 Å². The Morgan fingerprint density at radius 3 is 2.76 bits per heavy atom. The molecule has 0 bridgehead atoms. The molecule has 0 aromatic rings. The van der Waals surface area contributed by atoms with Crippen molar-refractivity contribution in [1.29, 1.82) is 0 Å². The maximum Gasteiger partial charge on any atom is 0.0192 e. The van der Waals surface area contributed by atoms with Gasteiger partial charge >= 0.3 is 0 Å². The fourth-order valence-corrected chi connectivity index (χ4v) is 2.45. The summed E-state index contributed by atoms with van der Waals surface area (Å²) in [6.07, 6.45) is 5.38. The maximum absolute atomic E-state index is 3.41. The molecule has 1 fully saturated rings. The molecule has 1 unspecified atom stereocenters. The van der Waals surface area contributed by atoms with Crippen molar-refractivity contribution >= 4 is 0 Å². The Labute approximate surface area is 108 Å². The van der Waals surface area contributed by atoms with Crippen LogP contribution in [-0.2, 0) is 0 Å². The van der Waals surface area contributed by atoms with E-state index >= 15 is 0 Å². The number of likely N-dealkylation sites (tertiary alicyclic amines) is 1. The standard InChI is InChI=1S/C14H31N3/c1-13(2)16(4)9-5-6-10-17-11-7-8-14(12-17)15-3/h13-15H,5-12H2,1-4H3. The molecule has 0 radical (unpaired) electrons. The second kappa shape index (κ2) is 8.06. The zero-order valence-electron chi connectivity index (χ0n) is 12.2. The third kappa shape index (κ3) is 5.84. The van der Waals surface area contributed by atoms with Gasteiger partial charge in [-0.2, -0.15) is 0 Å². The Hall–Kier alpha value is -0.120. The topological polar surface area (TPSA) is 18.5 Å². The van der Waals surface area contributed by atoms with E-state index in [0.717, 1.165) is 6.04 Å². The number of rotatable bonds is 7. The molecule has 17 heavy (non-hydrogen) atoms. The van der Waals surface area contributed by atoms with Gasteiger partial charge in [-0.1, -0.05) is 0 Å². The van der Waals surface area contributed by atoms with Crippen LogP contribution in [0.5, 0.6) is 0 Å². The quantitative estimate of drug-likeness (QED) is 0.686. The minimum Gasteiger partial charge on any atom is -0.316 e. The molecule has 0 aromatic carbocycles. The highest BCUT2D eigenvalue weighted by Gasteiger charge is 2.17. The van der Waals surface area contributed by atoms with Crippen LogP contribution in [-0.4, -0.2) is 62.2 Å². The van der Waals surface area contributed by atoms with Crippen LogP contribution in [0.15, 0.2) is 0 Å². The van der Waals surface area contributed by atoms with Crippen molar-refractivity contribution in [2.45, 2.75) is 51.6 Å². The highest BCUT2D eigenvalue weighted by molar-refractivity contribution is 4.76. The van der Waals surface area contributed by atoms with E-state index < -0.39 is 0 Å². The number of likely N-dealkylation sites (N-methyl/N-ethyl adjacent to an activating group) is 1. The van der Waals surface area contributed by atoms with Crippen molar-refractivity contribution in [2.75, 3.05) is 40.3 Å². The van der Waals surface area contributed by atoms with Gasteiger partial charge in [0.05, 0.1) is 0 Å². The molecule has 1 saturated heterocycles. The molecule has 0 aromatic heterocycles. The number of hydrogen-bond donors (Lipinski definition) is 1. The lowest BCUT2D eigenvalue weighted by molar-refractivity contribution is 0.187. The number of hydrogen-bond acceptors (Lipinski definition) is 3. The molecule has 0 aliphatic carbocycles. The van der Waals surface area contributed by atoms with Crippen LogP contribution in [0, 0.1) is 0 Å². The first kappa shape index (κ1) is 14.9. The van der Waals surface area contributed by atoms with Gasteiger partial charge in [0.15, 0.2) is 0 Å². The van der Waals surface area contributed by atoms with Crippen LogP contribution in [0.4, 0.5) is 0 Å². The summed E-state index contributed by atoms with van der Waals surface area (Å²) in [6.45, 7) is 9.60. The van der Waals surface area contributed by atoms with E-state index in [1.165, 1.54) is 51.9 Å². The summed E-state index contributed by atoms with van der Waals surface area (Å²) in [5.41, 5.74) is 0. The predicted octanol–water partition coefficient (Wildman–Crippen LogP) is 1.79. The normalized spacial score (nSPS) is 22.6. The summed E-state index contributed by atoms with van der Waals surface area (Å²) in [4.78, 5) is 5.06. The summed E-state index contributed by atoms with van der Waals surface area (Å²) in [5, 5.41) is 3.41. The zero-order chi connectivity index (χ0) is 12.7. The Morgan fingerprint density at radius 1 is 1.35 bits per heavy atom. The first-order valence-electron chi connectivity index (χ1n) is 7.23. The van der Waals surface area contributed by atoms with E-state index in [9.17, 15) is 0 Å². The molecule has 3 nitrogen and oxygen atoms in total. The first-order chi connectivity index (χ1) is 8.13. The Morgan fingerprint density at radius 2 is 2.12 bits per heavy atom. The minimum absolute atomic E-state index is 0.679. The van der Waals surface area contributed by atoms with E-state index in [2.05, 4.69) is 43.1 Å². The molecule has 1 N–H and O–H groups in total. The Bertz CT molecular complexity index is 194. The average molecular weight is 241 g/mol. The van der Waals surface area contributed by atoms with Crippen molar-refractivity contribution in [3.8, 4) is 0 Å². The van der Waals surface area contributed by atoms with Gasteiger partial charge in [0, 0.05) is 18.6 Å². The van der Waals surface area contributed by atoms with Crippen LogP contribution in [0.25, 0.3) is 0 Å². The lowest BCUT2D eigenvalue weighted by Gasteiger charge is -2.32. The number of piperidine rings is 1. The van der Waals surface area contributed by atoms with Crippen molar-refractivity contribution in [3.05, 3.63) is 0 Å². The SMILES string of the molecule is CNC1CCCN(CCCCN(C)C(C)C)C1. The zero-order valence-corrected chi connectivity index (χ0v) is 12.2. The van der Waals surface area contributed by atoms with Crippen molar-refractivity contribution in [2.24, 2.45) is 0 Å². The van der Waals surface area contributed by atoms with Crippen molar-refractivity contribution < 1.29 is 0 Å². The molecule has 102 valence electrons. The second-order valence-electron chi connectivity index (χ2n) is 5.71. The summed E-state index contributed by atoms with van der Waals surface area (Å²) in [6, 6.07) is 1.40. The number of nitrogens with one attached hydrogen (secondary N) is 1. The summed E-state index contributed by atoms with van der Waals surface area (Å²) >= 11 is 0. The second-order valence-corrected chi connectivity index (χ2v) is 5.71. The first-order valence-corrected chi connectivity index (χ1v) is 7.23.